The Morgan fingerprint density at radius 1 is 0.800 bits per heavy atom. The van der Waals surface area contributed by atoms with Gasteiger partial charge in [-0.15, -0.1) is 0 Å². The minimum absolute atomic E-state index is 0.00148. The van der Waals surface area contributed by atoms with Crippen LogP contribution in [0, 0.1) is 6.92 Å². The maximum atomic E-state index is 12.6. The van der Waals surface area contributed by atoms with Crippen LogP contribution in [0.2, 0.25) is 10.0 Å². The van der Waals surface area contributed by atoms with Gasteiger partial charge in [-0.05, 0) is 37.3 Å². The van der Waals surface area contributed by atoms with Crippen LogP contribution < -0.4 is 0 Å². The molecule has 0 bridgehead atoms. The molecule has 0 aliphatic carbocycles. The smallest absolute Gasteiger partial charge is 0.254 e. The molecule has 2 aromatic rings. The topological polar surface area (TPSA) is 40.6 Å². The Balaban J connectivity index is 1.65. The van der Waals surface area contributed by atoms with Crippen molar-refractivity contribution in [2.45, 2.75) is 6.92 Å². The summed E-state index contributed by atoms with van der Waals surface area (Å²) < 4.78 is 0. The fourth-order valence-corrected chi connectivity index (χ4v) is 3.46. The first-order valence-electron chi connectivity index (χ1n) is 8.05. The Morgan fingerprint density at radius 3 is 1.84 bits per heavy atom. The van der Waals surface area contributed by atoms with Crippen molar-refractivity contribution in [2.75, 3.05) is 26.2 Å². The van der Waals surface area contributed by atoms with Crippen molar-refractivity contribution in [1.82, 2.24) is 9.80 Å². The molecule has 0 saturated carbocycles. The number of rotatable bonds is 2. The fourth-order valence-electron chi connectivity index (χ4n) is 2.93. The molecule has 1 aliphatic heterocycles. The van der Waals surface area contributed by atoms with Crippen molar-refractivity contribution >= 4 is 35.0 Å². The minimum Gasteiger partial charge on any atom is -0.335 e. The summed E-state index contributed by atoms with van der Waals surface area (Å²) >= 11 is 11.9. The zero-order valence-corrected chi connectivity index (χ0v) is 15.3. The molecular weight excluding hydrogens is 359 g/mol. The van der Waals surface area contributed by atoms with Crippen LogP contribution in [0.15, 0.2) is 42.5 Å². The van der Waals surface area contributed by atoms with E-state index in [9.17, 15) is 9.59 Å². The van der Waals surface area contributed by atoms with Crippen molar-refractivity contribution in [3.8, 4) is 0 Å². The van der Waals surface area contributed by atoms with Gasteiger partial charge in [-0.1, -0.05) is 40.9 Å². The van der Waals surface area contributed by atoms with Gasteiger partial charge in [-0.2, -0.15) is 0 Å². The monoisotopic (exact) mass is 376 g/mol. The number of carbonyl (C=O) groups is 2. The predicted octanol–water partition coefficient (Wildman–Crippen LogP) is 3.90. The zero-order chi connectivity index (χ0) is 18.0. The highest BCUT2D eigenvalue weighted by molar-refractivity contribution is 6.35. The Labute approximate surface area is 156 Å². The molecule has 4 nitrogen and oxygen atoms in total. The van der Waals surface area contributed by atoms with Crippen molar-refractivity contribution in [1.29, 1.82) is 0 Å². The SMILES string of the molecule is Cc1cccc(C(=O)N2CCN(C(=O)c3cc(Cl)cc(Cl)c3)CC2)c1. The van der Waals surface area contributed by atoms with Gasteiger partial charge in [0, 0.05) is 47.4 Å². The Kier molecular flexibility index (Phi) is 5.30. The lowest BCUT2D eigenvalue weighted by atomic mass is 10.1. The number of piperazine rings is 1. The molecule has 130 valence electrons. The van der Waals surface area contributed by atoms with Gasteiger partial charge in [-0.25, -0.2) is 0 Å². The van der Waals surface area contributed by atoms with Crippen LogP contribution in [0.5, 0.6) is 0 Å². The molecule has 0 radical (unpaired) electrons. The van der Waals surface area contributed by atoms with Crippen LogP contribution in [0.4, 0.5) is 0 Å². The van der Waals surface area contributed by atoms with Crippen molar-refractivity contribution in [2.24, 2.45) is 0 Å². The highest BCUT2D eigenvalue weighted by Gasteiger charge is 2.25. The van der Waals surface area contributed by atoms with E-state index >= 15 is 0 Å². The molecule has 0 atom stereocenters. The van der Waals surface area contributed by atoms with Crippen LogP contribution in [0.1, 0.15) is 26.3 Å². The van der Waals surface area contributed by atoms with Gasteiger partial charge in [0.2, 0.25) is 0 Å². The van der Waals surface area contributed by atoms with Gasteiger partial charge < -0.3 is 9.80 Å². The summed E-state index contributed by atoms with van der Waals surface area (Å²) in [4.78, 5) is 28.7. The molecule has 25 heavy (non-hydrogen) atoms. The highest BCUT2D eigenvalue weighted by atomic mass is 35.5. The number of hydrogen-bond acceptors (Lipinski definition) is 2. The van der Waals surface area contributed by atoms with Gasteiger partial charge >= 0.3 is 0 Å². The molecule has 0 aromatic heterocycles. The second-order valence-electron chi connectivity index (χ2n) is 6.11. The Morgan fingerprint density at radius 2 is 1.32 bits per heavy atom. The van der Waals surface area contributed by atoms with Crippen molar-refractivity contribution in [3.05, 3.63) is 69.2 Å². The second kappa shape index (κ2) is 7.46. The first kappa shape index (κ1) is 17.8. The lowest BCUT2D eigenvalue weighted by Gasteiger charge is -2.35. The zero-order valence-electron chi connectivity index (χ0n) is 13.8. The number of amides is 2. The third-order valence-corrected chi connectivity index (χ3v) is 4.67. The maximum absolute atomic E-state index is 12.6. The summed E-state index contributed by atoms with van der Waals surface area (Å²) in [5.74, 6) is -0.117. The normalized spacial score (nSPS) is 14.5. The number of halogens is 2. The fraction of sp³-hybridized carbons (Fsp3) is 0.263. The molecule has 1 saturated heterocycles. The van der Waals surface area contributed by atoms with Crippen LogP contribution in [-0.2, 0) is 0 Å². The van der Waals surface area contributed by atoms with Crippen LogP contribution in [0.25, 0.3) is 0 Å². The van der Waals surface area contributed by atoms with Crippen molar-refractivity contribution < 1.29 is 9.59 Å². The first-order valence-corrected chi connectivity index (χ1v) is 8.81. The molecule has 0 unspecified atom stereocenters. The van der Waals surface area contributed by atoms with E-state index in [2.05, 4.69) is 0 Å². The number of aryl methyl sites for hydroxylation is 1. The summed E-state index contributed by atoms with van der Waals surface area (Å²) in [6, 6.07) is 12.4. The van der Waals surface area contributed by atoms with Gasteiger partial charge in [0.25, 0.3) is 11.8 Å². The highest BCUT2D eigenvalue weighted by Crippen LogP contribution is 2.21. The third kappa shape index (κ3) is 4.14. The van der Waals surface area contributed by atoms with E-state index in [0.29, 0.717) is 47.4 Å². The molecule has 1 aliphatic rings. The van der Waals surface area contributed by atoms with Crippen molar-refractivity contribution in [3.63, 3.8) is 0 Å². The number of carbonyl (C=O) groups excluding carboxylic acids is 2. The summed E-state index contributed by atoms with van der Waals surface area (Å²) in [6.45, 7) is 3.95. The number of benzene rings is 2. The van der Waals surface area contributed by atoms with E-state index in [-0.39, 0.29) is 11.8 Å². The predicted molar refractivity (Wildman–Crippen MR) is 99.4 cm³/mol. The van der Waals surface area contributed by atoms with E-state index in [1.54, 1.807) is 28.0 Å². The lowest BCUT2D eigenvalue weighted by molar-refractivity contribution is 0.0535. The first-order chi connectivity index (χ1) is 11.9. The van der Waals surface area contributed by atoms with E-state index in [0.717, 1.165) is 5.56 Å². The van der Waals surface area contributed by atoms with E-state index < -0.39 is 0 Å². The average molecular weight is 377 g/mol. The lowest BCUT2D eigenvalue weighted by Crippen LogP contribution is -2.50. The second-order valence-corrected chi connectivity index (χ2v) is 6.98. The van der Waals surface area contributed by atoms with E-state index in [1.165, 1.54) is 0 Å². The summed E-state index contributed by atoms with van der Waals surface area (Å²) in [7, 11) is 0. The van der Waals surface area contributed by atoms with E-state index in [4.69, 9.17) is 23.2 Å². The molecular formula is C19H18Cl2N2O2. The number of nitrogens with zero attached hydrogens (tertiary/aromatic N) is 2. The van der Waals surface area contributed by atoms with Crippen LogP contribution >= 0.6 is 23.2 Å². The maximum Gasteiger partial charge on any atom is 0.254 e. The van der Waals surface area contributed by atoms with E-state index in [1.807, 2.05) is 31.2 Å². The molecule has 0 N–H and O–H groups in total. The summed E-state index contributed by atoms with van der Waals surface area (Å²) in [6.07, 6.45) is 0. The Bertz CT molecular complexity index is 795. The van der Waals surface area contributed by atoms with Crippen LogP contribution in [0.3, 0.4) is 0 Å². The van der Waals surface area contributed by atoms with Crippen LogP contribution in [-0.4, -0.2) is 47.8 Å². The molecule has 2 amide bonds. The number of hydrogen-bond donors (Lipinski definition) is 0. The molecule has 1 heterocycles. The molecule has 1 fully saturated rings. The standard InChI is InChI=1S/C19H18Cl2N2O2/c1-13-3-2-4-14(9-13)18(24)22-5-7-23(8-6-22)19(25)15-10-16(20)12-17(21)11-15/h2-4,9-12H,5-8H2,1H3. The molecule has 6 heteroatoms. The quantitative estimate of drug-likeness (QED) is 0.797. The molecule has 0 spiro atoms. The van der Waals surface area contributed by atoms with Gasteiger partial charge in [0.05, 0.1) is 0 Å². The van der Waals surface area contributed by atoms with Gasteiger partial charge in [-0.3, -0.25) is 9.59 Å². The third-order valence-electron chi connectivity index (χ3n) is 4.23. The molecule has 2 aromatic carbocycles. The summed E-state index contributed by atoms with van der Waals surface area (Å²) in [5.41, 5.74) is 2.20. The minimum atomic E-state index is -0.118. The van der Waals surface area contributed by atoms with Gasteiger partial charge in [0.1, 0.15) is 0 Å². The largest absolute Gasteiger partial charge is 0.335 e. The Hall–Kier alpha value is -2.04. The average Bonchev–Trinajstić information content (AvgIpc) is 2.60. The molecule has 3 rings (SSSR count). The van der Waals surface area contributed by atoms with Gasteiger partial charge in [0.15, 0.2) is 0 Å². The summed E-state index contributed by atoms with van der Waals surface area (Å²) in [5, 5.41) is 0.869.